The van der Waals surface area contributed by atoms with Crippen LogP contribution in [0.1, 0.15) is 28.8 Å². The van der Waals surface area contributed by atoms with Gasteiger partial charge in [-0.25, -0.2) is 0 Å². The van der Waals surface area contributed by atoms with Gasteiger partial charge in [-0.1, -0.05) is 41.9 Å². The molecular weight excluding hydrogens is 350 g/mol. The maximum Gasteiger partial charge on any atom is 0.255 e. The minimum absolute atomic E-state index is 0.166. The summed E-state index contributed by atoms with van der Waals surface area (Å²) >= 11 is 6.06. The van der Waals surface area contributed by atoms with Crippen LogP contribution >= 0.6 is 11.6 Å². The molecule has 0 saturated carbocycles. The number of hydrogen-bond donors (Lipinski definition) is 3. The van der Waals surface area contributed by atoms with E-state index in [1.165, 1.54) is 12.7 Å². The molecule has 0 spiro atoms. The molecule has 0 bridgehead atoms. The number of hydrogen-bond acceptors (Lipinski definition) is 3. The van der Waals surface area contributed by atoms with E-state index >= 15 is 0 Å². The minimum Gasteiger partial charge on any atom is -0.496 e. The van der Waals surface area contributed by atoms with Crippen molar-refractivity contribution in [1.29, 1.82) is 0 Å². The highest BCUT2D eigenvalue weighted by Gasteiger charge is 2.25. The zero-order chi connectivity index (χ0) is 18.5. The molecule has 6 heteroatoms. The van der Waals surface area contributed by atoms with Crippen molar-refractivity contribution in [2.75, 3.05) is 25.9 Å². The lowest BCUT2D eigenvalue weighted by Gasteiger charge is -2.30. The van der Waals surface area contributed by atoms with E-state index in [9.17, 15) is 4.79 Å². The third-order valence-corrected chi connectivity index (χ3v) is 5.22. The maximum absolute atomic E-state index is 12.6. The van der Waals surface area contributed by atoms with Gasteiger partial charge in [-0.2, -0.15) is 0 Å². The lowest BCUT2D eigenvalue weighted by atomic mass is 10.0. The Bertz CT molecular complexity index is 759. The molecule has 0 atom stereocenters. The summed E-state index contributed by atoms with van der Waals surface area (Å²) in [5.74, 6) is 0.275. The van der Waals surface area contributed by atoms with Crippen molar-refractivity contribution >= 4 is 23.2 Å². The Labute approximate surface area is 159 Å². The molecule has 1 amide bonds. The van der Waals surface area contributed by atoms with Gasteiger partial charge in [0.15, 0.2) is 0 Å². The van der Waals surface area contributed by atoms with Crippen molar-refractivity contribution in [2.24, 2.45) is 0 Å². The lowest BCUT2D eigenvalue weighted by molar-refractivity contribution is -0.918. The van der Waals surface area contributed by atoms with E-state index in [4.69, 9.17) is 22.1 Å². The van der Waals surface area contributed by atoms with Gasteiger partial charge in [0.1, 0.15) is 12.3 Å². The van der Waals surface area contributed by atoms with Crippen molar-refractivity contribution in [2.45, 2.75) is 25.4 Å². The van der Waals surface area contributed by atoms with Crippen molar-refractivity contribution in [3.05, 3.63) is 58.6 Å². The van der Waals surface area contributed by atoms with Crippen LogP contribution in [0.5, 0.6) is 5.75 Å². The van der Waals surface area contributed by atoms with Crippen molar-refractivity contribution < 1.29 is 14.4 Å². The number of ether oxygens (including phenoxy) is 1. The molecule has 1 heterocycles. The molecule has 2 aromatic carbocycles. The Morgan fingerprint density at radius 2 is 1.96 bits per heavy atom. The molecule has 138 valence electrons. The standard InChI is InChI=1S/C20H24ClN3O2/c1-26-19-12-18(22)17(21)11-16(19)20(25)23-15-7-9-24(10-8-15)13-14-5-3-2-4-6-14/h2-6,11-12,15H,7-10,13,22H2,1H3,(H,23,25)/p+1. The molecule has 0 radical (unpaired) electrons. The summed E-state index contributed by atoms with van der Waals surface area (Å²) in [5.41, 5.74) is 7.96. The fraction of sp³-hybridized carbons (Fsp3) is 0.350. The zero-order valence-corrected chi connectivity index (χ0v) is 15.7. The van der Waals surface area contributed by atoms with Gasteiger partial charge in [-0.3, -0.25) is 4.79 Å². The van der Waals surface area contributed by atoms with Crippen LogP contribution in [-0.2, 0) is 6.54 Å². The first-order valence-corrected chi connectivity index (χ1v) is 9.26. The van der Waals surface area contributed by atoms with Crippen LogP contribution in [0.2, 0.25) is 5.02 Å². The Morgan fingerprint density at radius 3 is 2.62 bits per heavy atom. The first kappa shape index (κ1) is 18.5. The summed E-state index contributed by atoms with van der Waals surface area (Å²) in [6.07, 6.45) is 1.91. The van der Waals surface area contributed by atoms with Crippen LogP contribution in [-0.4, -0.2) is 32.1 Å². The summed E-state index contributed by atoms with van der Waals surface area (Å²) in [7, 11) is 1.52. The highest BCUT2D eigenvalue weighted by atomic mass is 35.5. The van der Waals surface area contributed by atoms with E-state index in [0.717, 1.165) is 32.5 Å². The van der Waals surface area contributed by atoms with Gasteiger partial charge in [0, 0.05) is 30.5 Å². The highest BCUT2D eigenvalue weighted by Crippen LogP contribution is 2.28. The topological polar surface area (TPSA) is 68.8 Å². The second kappa shape index (κ2) is 8.43. The van der Waals surface area contributed by atoms with Gasteiger partial charge < -0.3 is 20.7 Å². The third kappa shape index (κ3) is 4.48. The van der Waals surface area contributed by atoms with Gasteiger partial charge in [0.05, 0.1) is 36.5 Å². The van der Waals surface area contributed by atoms with E-state index in [1.807, 2.05) is 6.07 Å². The number of methoxy groups -OCH3 is 1. The number of benzene rings is 2. The van der Waals surface area contributed by atoms with Crippen LogP contribution in [0.4, 0.5) is 5.69 Å². The quantitative estimate of drug-likeness (QED) is 0.700. The molecule has 26 heavy (non-hydrogen) atoms. The Morgan fingerprint density at radius 1 is 1.27 bits per heavy atom. The number of quaternary nitrogens is 1. The van der Waals surface area contributed by atoms with Crippen molar-refractivity contribution in [3.63, 3.8) is 0 Å². The summed E-state index contributed by atoms with van der Waals surface area (Å²) in [5, 5.41) is 3.47. The lowest BCUT2D eigenvalue weighted by Crippen LogP contribution is -3.12. The average molecular weight is 375 g/mol. The Balaban J connectivity index is 1.56. The average Bonchev–Trinajstić information content (AvgIpc) is 2.66. The largest absolute Gasteiger partial charge is 0.496 e. The number of nitrogens with one attached hydrogen (secondary N) is 2. The van der Waals surface area contributed by atoms with Crippen LogP contribution < -0.4 is 20.7 Å². The van der Waals surface area contributed by atoms with Gasteiger partial charge in [-0.15, -0.1) is 0 Å². The SMILES string of the molecule is COc1cc(N)c(Cl)cc1C(=O)NC1CC[NH+](Cc2ccccc2)CC1. The van der Waals surface area contributed by atoms with E-state index in [2.05, 4.69) is 29.6 Å². The van der Waals surface area contributed by atoms with Crippen molar-refractivity contribution in [3.8, 4) is 5.75 Å². The molecule has 4 N–H and O–H groups in total. The predicted octanol–water partition coefficient (Wildman–Crippen LogP) is 1.91. The van der Waals surface area contributed by atoms with Gasteiger partial charge in [-0.05, 0) is 6.07 Å². The summed E-state index contributed by atoms with van der Waals surface area (Å²) < 4.78 is 5.27. The molecule has 3 rings (SSSR count). The van der Waals surface area contributed by atoms with Crippen LogP contribution in [0, 0.1) is 0 Å². The Kier molecular flexibility index (Phi) is 6.01. The van der Waals surface area contributed by atoms with Gasteiger partial charge in [0.2, 0.25) is 0 Å². The normalized spacial score (nSPS) is 19.8. The minimum atomic E-state index is -0.166. The molecular formula is C20H25ClN3O2+. The molecule has 1 aliphatic heterocycles. The molecule has 0 unspecified atom stereocenters. The number of piperidine rings is 1. The number of nitrogen functional groups attached to an aromatic ring is 1. The predicted molar refractivity (Wildman–Crippen MR) is 104 cm³/mol. The molecule has 0 aromatic heterocycles. The molecule has 0 aliphatic carbocycles. The number of anilines is 1. The second-order valence-corrected chi connectivity index (χ2v) is 7.14. The first-order valence-electron chi connectivity index (χ1n) is 8.88. The van der Waals surface area contributed by atoms with Crippen LogP contribution in [0.25, 0.3) is 0 Å². The molecule has 1 aliphatic rings. The maximum atomic E-state index is 12.6. The monoisotopic (exact) mass is 374 g/mol. The molecule has 1 fully saturated rings. The number of halogens is 1. The third-order valence-electron chi connectivity index (χ3n) is 4.89. The number of amides is 1. The van der Waals surface area contributed by atoms with E-state index in [0.29, 0.717) is 22.0 Å². The number of rotatable bonds is 5. The molecule has 2 aromatic rings. The zero-order valence-electron chi connectivity index (χ0n) is 14.9. The van der Waals surface area contributed by atoms with Crippen LogP contribution in [0.15, 0.2) is 42.5 Å². The number of carbonyl (C=O) groups excluding carboxylic acids is 1. The second-order valence-electron chi connectivity index (χ2n) is 6.73. The summed E-state index contributed by atoms with van der Waals surface area (Å²) in [4.78, 5) is 14.2. The molecule has 5 nitrogen and oxygen atoms in total. The summed E-state index contributed by atoms with van der Waals surface area (Å²) in [6.45, 7) is 3.11. The smallest absolute Gasteiger partial charge is 0.255 e. The first-order chi connectivity index (χ1) is 12.6. The fourth-order valence-corrected chi connectivity index (χ4v) is 3.57. The van der Waals surface area contributed by atoms with E-state index in [-0.39, 0.29) is 11.9 Å². The van der Waals surface area contributed by atoms with Crippen LogP contribution in [0.3, 0.4) is 0 Å². The van der Waals surface area contributed by atoms with E-state index in [1.54, 1.807) is 17.0 Å². The van der Waals surface area contributed by atoms with Gasteiger partial charge in [0.25, 0.3) is 5.91 Å². The van der Waals surface area contributed by atoms with E-state index < -0.39 is 0 Å². The van der Waals surface area contributed by atoms with Gasteiger partial charge >= 0.3 is 0 Å². The number of nitrogens with two attached hydrogens (primary N) is 1. The molecule has 1 saturated heterocycles. The summed E-state index contributed by atoms with van der Waals surface area (Å²) in [6, 6.07) is 13.8. The highest BCUT2D eigenvalue weighted by molar-refractivity contribution is 6.33. The Hall–Kier alpha value is -2.24. The number of carbonyl (C=O) groups is 1. The van der Waals surface area contributed by atoms with Crippen molar-refractivity contribution in [1.82, 2.24) is 5.32 Å². The fourth-order valence-electron chi connectivity index (χ4n) is 3.41. The number of likely N-dealkylation sites (tertiary alicyclic amines) is 1.